The first kappa shape index (κ1) is 12.7. The van der Waals surface area contributed by atoms with Crippen LogP contribution in [0, 0.1) is 0 Å². The number of ether oxygens (including phenoxy) is 1. The topological polar surface area (TPSA) is 73.1 Å². The van der Waals surface area contributed by atoms with Crippen molar-refractivity contribution in [1.82, 2.24) is 9.97 Å². The van der Waals surface area contributed by atoms with Gasteiger partial charge >= 0.3 is 0 Å². The minimum absolute atomic E-state index is 0.202. The third kappa shape index (κ3) is 2.57. The van der Waals surface area contributed by atoms with Gasteiger partial charge in [0.15, 0.2) is 5.82 Å². The molecule has 18 heavy (non-hydrogen) atoms. The van der Waals surface area contributed by atoms with Gasteiger partial charge in [0.05, 0.1) is 17.8 Å². The zero-order chi connectivity index (χ0) is 13.1. The van der Waals surface area contributed by atoms with E-state index < -0.39 is 0 Å². The van der Waals surface area contributed by atoms with E-state index >= 15 is 0 Å². The third-order valence-electron chi connectivity index (χ3n) is 2.24. The first-order valence-corrected chi connectivity index (χ1v) is 5.74. The smallest absolute Gasteiger partial charge is 0.154 e. The zero-order valence-corrected chi connectivity index (χ0v) is 11.0. The summed E-state index contributed by atoms with van der Waals surface area (Å²) in [6.45, 7) is 0. The number of rotatable bonds is 3. The second-order valence-corrected chi connectivity index (χ2v) is 4.18. The van der Waals surface area contributed by atoms with Crippen molar-refractivity contribution in [2.24, 2.45) is 0 Å². The van der Waals surface area contributed by atoms with Gasteiger partial charge in [0.25, 0.3) is 0 Å². The molecule has 7 heteroatoms. The van der Waals surface area contributed by atoms with Crippen molar-refractivity contribution in [2.75, 3.05) is 18.2 Å². The van der Waals surface area contributed by atoms with Gasteiger partial charge in [-0.3, -0.25) is 0 Å². The van der Waals surface area contributed by atoms with Gasteiger partial charge in [0.2, 0.25) is 0 Å². The van der Waals surface area contributed by atoms with E-state index in [0.29, 0.717) is 22.3 Å². The maximum absolute atomic E-state index is 6.06. The Balaban J connectivity index is 2.36. The van der Waals surface area contributed by atoms with Crippen molar-refractivity contribution >= 4 is 40.5 Å². The monoisotopic (exact) mass is 284 g/mol. The minimum atomic E-state index is 0.202. The second kappa shape index (κ2) is 5.29. The largest absolute Gasteiger partial charge is 0.497 e. The number of anilines is 3. The van der Waals surface area contributed by atoms with E-state index in [1.807, 2.05) is 0 Å². The van der Waals surface area contributed by atoms with Gasteiger partial charge in [-0.1, -0.05) is 23.2 Å². The molecule has 3 N–H and O–H groups in total. The molecule has 0 radical (unpaired) electrons. The van der Waals surface area contributed by atoms with Crippen LogP contribution in [0.15, 0.2) is 24.5 Å². The summed E-state index contributed by atoms with van der Waals surface area (Å²) in [6, 6.07) is 5.20. The molecule has 0 fully saturated rings. The molecule has 1 heterocycles. The third-order valence-corrected chi connectivity index (χ3v) is 2.95. The summed E-state index contributed by atoms with van der Waals surface area (Å²) in [5.41, 5.74) is 6.21. The summed E-state index contributed by atoms with van der Waals surface area (Å²) >= 11 is 12.0. The molecule has 0 bridgehead atoms. The highest BCUT2D eigenvalue weighted by Gasteiger charge is 2.09. The summed E-state index contributed by atoms with van der Waals surface area (Å²) in [7, 11) is 1.57. The molecule has 0 aliphatic carbocycles. The van der Waals surface area contributed by atoms with Crippen LogP contribution in [0.1, 0.15) is 0 Å². The van der Waals surface area contributed by atoms with Crippen LogP contribution in [-0.4, -0.2) is 17.1 Å². The molecule has 0 saturated carbocycles. The molecule has 1 aromatic heterocycles. The number of nitrogens with zero attached hydrogens (tertiary/aromatic N) is 2. The Hall–Kier alpha value is -1.72. The quantitative estimate of drug-likeness (QED) is 0.906. The second-order valence-electron chi connectivity index (χ2n) is 3.39. The molecular weight excluding hydrogens is 275 g/mol. The number of benzene rings is 1. The lowest BCUT2D eigenvalue weighted by Crippen LogP contribution is -2.00. The molecule has 0 atom stereocenters. The fourth-order valence-corrected chi connectivity index (χ4v) is 1.63. The SMILES string of the molecule is COc1ccc(Cl)c(Nc2ncnc(N)c2Cl)c1. The van der Waals surface area contributed by atoms with Crippen molar-refractivity contribution in [2.45, 2.75) is 0 Å². The summed E-state index contributed by atoms with van der Waals surface area (Å²) in [5.74, 6) is 1.26. The molecule has 0 spiro atoms. The lowest BCUT2D eigenvalue weighted by atomic mass is 10.3. The summed E-state index contributed by atoms with van der Waals surface area (Å²) in [4.78, 5) is 7.77. The lowest BCUT2D eigenvalue weighted by Gasteiger charge is -2.10. The average Bonchev–Trinajstić information content (AvgIpc) is 2.37. The Morgan fingerprint density at radius 3 is 2.78 bits per heavy atom. The average molecular weight is 285 g/mol. The number of hydrogen-bond donors (Lipinski definition) is 2. The summed E-state index contributed by atoms with van der Waals surface area (Å²) in [6.07, 6.45) is 1.32. The fraction of sp³-hybridized carbons (Fsp3) is 0.0909. The lowest BCUT2D eigenvalue weighted by molar-refractivity contribution is 0.415. The Bertz CT molecular complexity index is 577. The number of nitrogens with one attached hydrogen (secondary N) is 1. The van der Waals surface area contributed by atoms with Crippen LogP contribution in [0.3, 0.4) is 0 Å². The van der Waals surface area contributed by atoms with Crippen LogP contribution >= 0.6 is 23.2 Å². The van der Waals surface area contributed by atoms with E-state index in [-0.39, 0.29) is 10.8 Å². The Kier molecular flexibility index (Phi) is 3.74. The van der Waals surface area contributed by atoms with E-state index in [1.165, 1.54) is 6.33 Å². The van der Waals surface area contributed by atoms with Gasteiger partial charge in [-0.15, -0.1) is 0 Å². The van der Waals surface area contributed by atoms with E-state index in [9.17, 15) is 0 Å². The Morgan fingerprint density at radius 1 is 1.28 bits per heavy atom. The number of nitrogens with two attached hydrogens (primary N) is 1. The number of halogens is 2. The Labute approximate surface area is 114 Å². The van der Waals surface area contributed by atoms with Crippen molar-refractivity contribution in [3.05, 3.63) is 34.6 Å². The molecule has 0 aliphatic rings. The molecule has 0 unspecified atom stereocenters. The van der Waals surface area contributed by atoms with E-state index in [4.69, 9.17) is 33.7 Å². The van der Waals surface area contributed by atoms with Gasteiger partial charge in [0.1, 0.15) is 22.9 Å². The predicted molar refractivity (Wildman–Crippen MR) is 72.7 cm³/mol. The molecule has 5 nitrogen and oxygen atoms in total. The van der Waals surface area contributed by atoms with Gasteiger partial charge in [-0.25, -0.2) is 9.97 Å². The molecule has 94 valence electrons. The molecule has 0 aliphatic heterocycles. The molecule has 0 amide bonds. The standard InChI is InChI=1S/C11H10Cl2N4O/c1-18-6-2-3-7(12)8(4-6)17-11-9(13)10(14)15-5-16-11/h2-5H,1H3,(H3,14,15,16,17). The summed E-state index contributed by atoms with van der Waals surface area (Å²) in [5, 5.41) is 3.75. The number of methoxy groups -OCH3 is 1. The van der Waals surface area contributed by atoms with E-state index in [0.717, 1.165) is 0 Å². The van der Waals surface area contributed by atoms with Crippen molar-refractivity contribution in [1.29, 1.82) is 0 Å². The molecular formula is C11H10Cl2N4O. The Morgan fingerprint density at radius 2 is 2.06 bits per heavy atom. The number of nitrogen functional groups attached to an aromatic ring is 1. The van der Waals surface area contributed by atoms with Crippen LogP contribution < -0.4 is 15.8 Å². The van der Waals surface area contributed by atoms with E-state index in [1.54, 1.807) is 25.3 Å². The molecule has 2 aromatic rings. The number of hydrogen-bond acceptors (Lipinski definition) is 5. The predicted octanol–water partition coefficient (Wildman–Crippen LogP) is 3.12. The highest BCUT2D eigenvalue weighted by atomic mass is 35.5. The van der Waals surface area contributed by atoms with E-state index in [2.05, 4.69) is 15.3 Å². The normalized spacial score (nSPS) is 10.2. The first-order valence-electron chi connectivity index (χ1n) is 4.98. The van der Waals surface area contributed by atoms with Crippen LogP contribution in [-0.2, 0) is 0 Å². The van der Waals surface area contributed by atoms with Crippen molar-refractivity contribution in [3.8, 4) is 5.75 Å². The van der Waals surface area contributed by atoms with Crippen LogP contribution in [0.5, 0.6) is 5.75 Å². The maximum Gasteiger partial charge on any atom is 0.154 e. The fourth-order valence-electron chi connectivity index (χ4n) is 1.33. The van der Waals surface area contributed by atoms with Gasteiger partial charge in [-0.05, 0) is 12.1 Å². The highest BCUT2D eigenvalue weighted by molar-refractivity contribution is 6.36. The van der Waals surface area contributed by atoms with Gasteiger partial charge < -0.3 is 15.8 Å². The minimum Gasteiger partial charge on any atom is -0.497 e. The summed E-state index contributed by atoms with van der Waals surface area (Å²) < 4.78 is 5.11. The molecule has 2 rings (SSSR count). The zero-order valence-electron chi connectivity index (χ0n) is 9.45. The van der Waals surface area contributed by atoms with Crippen LogP contribution in [0.25, 0.3) is 0 Å². The highest BCUT2D eigenvalue weighted by Crippen LogP contribution is 2.32. The van der Waals surface area contributed by atoms with Crippen molar-refractivity contribution < 1.29 is 4.74 Å². The van der Waals surface area contributed by atoms with Crippen LogP contribution in [0.4, 0.5) is 17.3 Å². The van der Waals surface area contributed by atoms with Gasteiger partial charge in [-0.2, -0.15) is 0 Å². The maximum atomic E-state index is 6.06. The molecule has 0 saturated heterocycles. The number of aromatic nitrogens is 2. The van der Waals surface area contributed by atoms with Crippen LogP contribution in [0.2, 0.25) is 10.0 Å². The first-order chi connectivity index (χ1) is 8.61. The van der Waals surface area contributed by atoms with Crippen molar-refractivity contribution in [3.63, 3.8) is 0 Å². The molecule has 1 aromatic carbocycles. The van der Waals surface area contributed by atoms with Gasteiger partial charge in [0, 0.05) is 6.07 Å².